The molecule has 0 saturated heterocycles. The van der Waals surface area contributed by atoms with Crippen molar-refractivity contribution in [1.82, 2.24) is 5.32 Å². The van der Waals surface area contributed by atoms with Crippen molar-refractivity contribution in [3.8, 4) is 0 Å². The number of carbonyl (C=O) groups is 2. The van der Waals surface area contributed by atoms with E-state index in [0.717, 1.165) is 24.8 Å². The summed E-state index contributed by atoms with van der Waals surface area (Å²) in [5, 5.41) is 8.28. The summed E-state index contributed by atoms with van der Waals surface area (Å²) in [6, 6.07) is 5.16. The number of hydrogen-bond acceptors (Lipinski definition) is 5. The van der Waals surface area contributed by atoms with Gasteiger partial charge in [-0.3, -0.25) is 9.59 Å². The molecule has 1 N–H and O–H groups in total. The lowest BCUT2D eigenvalue weighted by Crippen LogP contribution is -2.60. The first-order valence-electron chi connectivity index (χ1n) is 9.04. The van der Waals surface area contributed by atoms with E-state index in [9.17, 15) is 9.59 Å². The first-order valence-corrected chi connectivity index (χ1v) is 9.80. The highest BCUT2D eigenvalue weighted by atomic mass is 35.5. The van der Waals surface area contributed by atoms with Crippen LogP contribution >= 0.6 is 23.2 Å². The van der Waals surface area contributed by atoms with Crippen LogP contribution < -0.4 is 5.32 Å². The van der Waals surface area contributed by atoms with Crippen molar-refractivity contribution in [2.75, 3.05) is 7.11 Å². The van der Waals surface area contributed by atoms with Crippen molar-refractivity contribution in [3.63, 3.8) is 0 Å². The number of ether oxygens (including phenoxy) is 1. The molecule has 1 aromatic carbocycles. The van der Waals surface area contributed by atoms with Crippen molar-refractivity contribution in [2.45, 2.75) is 43.7 Å². The smallest absolute Gasteiger partial charge is 0.308 e. The molecule has 6 nitrogen and oxygen atoms in total. The molecule has 2 unspecified atom stereocenters. The summed E-state index contributed by atoms with van der Waals surface area (Å²) >= 11 is 12.2. The summed E-state index contributed by atoms with van der Waals surface area (Å²) in [7, 11) is 1.39. The normalized spacial score (nSPS) is 31.4. The lowest BCUT2D eigenvalue weighted by Gasteiger charge is -2.41. The maximum absolute atomic E-state index is 13.0. The molecule has 1 amide bonds. The van der Waals surface area contributed by atoms with Crippen LogP contribution in [-0.4, -0.2) is 36.3 Å². The van der Waals surface area contributed by atoms with E-state index in [1.54, 1.807) is 18.2 Å². The van der Waals surface area contributed by atoms with Gasteiger partial charge in [-0.1, -0.05) is 28.4 Å². The maximum Gasteiger partial charge on any atom is 0.308 e. The van der Waals surface area contributed by atoms with Crippen LogP contribution in [0.4, 0.5) is 0 Å². The van der Waals surface area contributed by atoms with Gasteiger partial charge in [0.25, 0.3) is 5.91 Å². The molecule has 0 spiro atoms. The van der Waals surface area contributed by atoms with Gasteiger partial charge >= 0.3 is 5.97 Å². The van der Waals surface area contributed by atoms with E-state index in [-0.39, 0.29) is 29.8 Å². The summed E-state index contributed by atoms with van der Waals surface area (Å²) in [6.07, 6.45) is 3.49. The van der Waals surface area contributed by atoms with Gasteiger partial charge in [0.2, 0.25) is 5.60 Å². The Morgan fingerprint density at radius 2 is 1.96 bits per heavy atom. The lowest BCUT2D eigenvalue weighted by molar-refractivity contribution is -0.161. The summed E-state index contributed by atoms with van der Waals surface area (Å²) in [4.78, 5) is 30.3. The van der Waals surface area contributed by atoms with Crippen molar-refractivity contribution in [3.05, 3.63) is 33.8 Å². The van der Waals surface area contributed by atoms with Gasteiger partial charge in [0.15, 0.2) is 0 Å². The average Bonchev–Trinajstić information content (AvgIpc) is 3.16. The van der Waals surface area contributed by atoms with E-state index in [4.69, 9.17) is 32.8 Å². The predicted octanol–water partition coefficient (Wildman–Crippen LogP) is 3.33. The van der Waals surface area contributed by atoms with Gasteiger partial charge < -0.3 is 14.9 Å². The van der Waals surface area contributed by atoms with Crippen LogP contribution in [0.2, 0.25) is 10.0 Å². The zero-order valence-electron chi connectivity index (χ0n) is 14.8. The molecular weight excluding hydrogens is 391 g/mol. The molecule has 0 radical (unpaired) electrons. The van der Waals surface area contributed by atoms with E-state index >= 15 is 0 Å². The van der Waals surface area contributed by atoms with Crippen LogP contribution in [0.1, 0.15) is 37.7 Å². The average molecular weight is 411 g/mol. The number of amides is 1. The minimum atomic E-state index is -0.965. The summed E-state index contributed by atoms with van der Waals surface area (Å²) in [5.41, 5.74) is 0.520. The van der Waals surface area contributed by atoms with E-state index in [2.05, 4.69) is 10.5 Å². The molecule has 2 aliphatic carbocycles. The maximum atomic E-state index is 13.0. The Morgan fingerprint density at radius 1 is 1.22 bits per heavy atom. The second-order valence-corrected chi connectivity index (χ2v) is 8.28. The topological polar surface area (TPSA) is 77.0 Å². The van der Waals surface area contributed by atoms with Crippen molar-refractivity contribution < 1.29 is 19.2 Å². The van der Waals surface area contributed by atoms with Gasteiger partial charge in [0.05, 0.1) is 24.7 Å². The molecule has 0 aromatic heterocycles. The quantitative estimate of drug-likeness (QED) is 0.772. The number of nitrogens with zero attached hydrogens (tertiary/aromatic N) is 1. The molecule has 144 valence electrons. The lowest BCUT2D eigenvalue weighted by atomic mass is 9.66. The highest BCUT2D eigenvalue weighted by molar-refractivity contribution is 6.35. The highest BCUT2D eigenvalue weighted by Crippen LogP contribution is 2.49. The number of esters is 1. The van der Waals surface area contributed by atoms with Gasteiger partial charge in [0.1, 0.15) is 0 Å². The first-order chi connectivity index (χ1) is 12.9. The number of rotatable bonds is 4. The fraction of sp³-hybridized carbons (Fsp3) is 0.526. The number of hydrogen-bond donors (Lipinski definition) is 1. The van der Waals surface area contributed by atoms with Crippen molar-refractivity contribution in [1.29, 1.82) is 0 Å². The zero-order chi connectivity index (χ0) is 19.2. The summed E-state index contributed by atoms with van der Waals surface area (Å²) < 4.78 is 4.80. The molecule has 8 heteroatoms. The number of halogens is 2. The molecule has 27 heavy (non-hydrogen) atoms. The molecule has 3 aliphatic rings. The molecule has 1 heterocycles. The Balaban J connectivity index is 1.44. The largest absolute Gasteiger partial charge is 0.469 e. The molecule has 1 aromatic rings. The van der Waals surface area contributed by atoms with Gasteiger partial charge in [0, 0.05) is 28.1 Å². The van der Waals surface area contributed by atoms with Gasteiger partial charge in [-0.15, -0.1) is 0 Å². The number of methoxy groups -OCH3 is 1. The highest BCUT2D eigenvalue weighted by Gasteiger charge is 2.62. The molecule has 2 fully saturated rings. The Kier molecular flexibility index (Phi) is 4.80. The third-order valence-electron chi connectivity index (χ3n) is 5.85. The van der Waals surface area contributed by atoms with Gasteiger partial charge in [-0.2, -0.15) is 0 Å². The predicted molar refractivity (Wildman–Crippen MR) is 101 cm³/mol. The van der Waals surface area contributed by atoms with Crippen molar-refractivity contribution >= 4 is 40.8 Å². The van der Waals surface area contributed by atoms with Crippen LogP contribution in [-0.2, 0) is 19.2 Å². The summed E-state index contributed by atoms with van der Waals surface area (Å²) in [6.45, 7) is 0. The molecule has 4 atom stereocenters. The number of fused-ring (bicyclic) bond motifs is 1. The molecule has 4 rings (SSSR count). The Labute approximate surface area is 167 Å². The molecule has 2 saturated carbocycles. The number of carbonyl (C=O) groups excluding carboxylic acids is 2. The minimum Gasteiger partial charge on any atom is -0.469 e. The first kappa shape index (κ1) is 18.6. The van der Waals surface area contributed by atoms with Crippen LogP contribution in [0.3, 0.4) is 0 Å². The number of oxime groups is 1. The second-order valence-electron chi connectivity index (χ2n) is 7.41. The van der Waals surface area contributed by atoms with E-state index in [0.29, 0.717) is 28.6 Å². The Bertz CT molecular complexity index is 808. The SMILES string of the molecule is COC(=O)[C@H]1CC[C@H](NC(=O)C23CCC2C(c2cc(Cl)cc(Cl)c2)=NO3)C1. The standard InChI is InChI=1S/C19H20Cl2N2O4/c1-26-17(24)10-2-3-14(8-10)22-18(25)19-5-4-15(19)16(23-27-19)11-6-12(20)9-13(21)7-11/h6-7,9-10,14-15H,2-5,8H2,1H3,(H,22,25)/t10-,14-,15?,19?/m0/s1. The Hall–Kier alpha value is -1.79. The molecular formula is C19H20Cl2N2O4. The van der Waals surface area contributed by atoms with E-state index < -0.39 is 5.60 Å². The van der Waals surface area contributed by atoms with Crippen LogP contribution in [0.15, 0.2) is 23.4 Å². The van der Waals surface area contributed by atoms with Crippen LogP contribution in [0.5, 0.6) is 0 Å². The van der Waals surface area contributed by atoms with Crippen LogP contribution in [0, 0.1) is 11.8 Å². The van der Waals surface area contributed by atoms with Gasteiger partial charge in [-0.05, 0) is 43.9 Å². The molecule has 0 bridgehead atoms. The number of benzene rings is 1. The fourth-order valence-electron chi connectivity index (χ4n) is 4.28. The summed E-state index contributed by atoms with van der Waals surface area (Å²) in [5.74, 6) is -0.655. The monoisotopic (exact) mass is 410 g/mol. The van der Waals surface area contributed by atoms with E-state index in [1.807, 2.05) is 0 Å². The van der Waals surface area contributed by atoms with Crippen molar-refractivity contribution in [2.24, 2.45) is 17.0 Å². The van der Waals surface area contributed by atoms with E-state index in [1.165, 1.54) is 7.11 Å². The third kappa shape index (κ3) is 3.19. The van der Waals surface area contributed by atoms with Crippen LogP contribution in [0.25, 0.3) is 0 Å². The minimum absolute atomic E-state index is 0.0505. The zero-order valence-corrected chi connectivity index (χ0v) is 16.3. The Morgan fingerprint density at radius 3 is 2.59 bits per heavy atom. The number of nitrogens with one attached hydrogen (secondary N) is 1. The molecule has 1 aliphatic heterocycles. The fourth-order valence-corrected chi connectivity index (χ4v) is 4.81. The van der Waals surface area contributed by atoms with Gasteiger partial charge in [-0.25, -0.2) is 0 Å². The second kappa shape index (κ2) is 6.99. The third-order valence-corrected chi connectivity index (χ3v) is 6.29.